The van der Waals surface area contributed by atoms with E-state index in [1.807, 2.05) is 23.9 Å². The van der Waals surface area contributed by atoms with Crippen LogP contribution in [0.1, 0.15) is 41.9 Å². The van der Waals surface area contributed by atoms with Gasteiger partial charge in [-0.15, -0.1) is 0 Å². The molecule has 5 rings (SSSR count). The van der Waals surface area contributed by atoms with Crippen molar-refractivity contribution >= 4 is 5.91 Å². The van der Waals surface area contributed by atoms with Gasteiger partial charge in [-0.05, 0) is 61.8 Å². The summed E-state index contributed by atoms with van der Waals surface area (Å²) in [6.07, 6.45) is 9.69. The van der Waals surface area contributed by atoms with Crippen LogP contribution in [0.4, 0.5) is 0 Å². The Morgan fingerprint density at radius 3 is 2.90 bits per heavy atom. The Kier molecular flexibility index (Phi) is 5.27. The molecular formula is C24H32N4O2. The number of likely N-dealkylation sites (tertiary alicyclic amines) is 1. The lowest BCUT2D eigenvalue weighted by Crippen LogP contribution is -2.64. The zero-order valence-electron chi connectivity index (χ0n) is 18.0. The van der Waals surface area contributed by atoms with Crippen molar-refractivity contribution in [2.45, 2.75) is 44.2 Å². The van der Waals surface area contributed by atoms with Gasteiger partial charge in [0.15, 0.2) is 5.82 Å². The van der Waals surface area contributed by atoms with Crippen molar-refractivity contribution in [3.05, 3.63) is 48.0 Å². The van der Waals surface area contributed by atoms with E-state index in [-0.39, 0.29) is 5.91 Å². The number of carbonyl (C=O) groups excluding carboxylic acids is 1. The standard InChI is InChI=1S/C24H32N4O2/c1-26-11-9-25-23(26)24(29)27-15-18-14-19(16-27)22(28-10-4-3-8-21(18)28)13-17-6-5-7-20(12-17)30-2/h5-7,9,11-12,18-19,21-22H,3-4,8,10,13-16H2,1-2H3/t18-,19+,21+,22+/m1/s1. The average molecular weight is 409 g/mol. The van der Waals surface area contributed by atoms with Gasteiger partial charge in [-0.2, -0.15) is 0 Å². The van der Waals surface area contributed by atoms with Crippen molar-refractivity contribution in [2.75, 3.05) is 26.7 Å². The van der Waals surface area contributed by atoms with Gasteiger partial charge in [0.2, 0.25) is 0 Å². The molecule has 0 aliphatic carbocycles. The number of ether oxygens (including phenoxy) is 1. The molecule has 3 aliphatic heterocycles. The van der Waals surface area contributed by atoms with Gasteiger partial charge in [0.25, 0.3) is 5.91 Å². The van der Waals surface area contributed by atoms with Gasteiger partial charge >= 0.3 is 0 Å². The Balaban J connectivity index is 1.41. The molecule has 0 N–H and O–H groups in total. The van der Waals surface area contributed by atoms with Crippen LogP contribution in [-0.2, 0) is 13.5 Å². The van der Waals surface area contributed by atoms with Crippen LogP contribution in [0.15, 0.2) is 36.7 Å². The van der Waals surface area contributed by atoms with Crippen molar-refractivity contribution in [1.29, 1.82) is 0 Å². The Bertz CT molecular complexity index is 910. The number of rotatable bonds is 4. The minimum absolute atomic E-state index is 0.0848. The number of nitrogens with zero attached hydrogens (tertiary/aromatic N) is 4. The molecule has 160 valence electrons. The Labute approximate surface area is 178 Å². The number of aryl methyl sites for hydroxylation is 1. The topological polar surface area (TPSA) is 50.6 Å². The number of aromatic nitrogens is 2. The van der Waals surface area contributed by atoms with E-state index in [2.05, 4.69) is 33.0 Å². The van der Waals surface area contributed by atoms with Gasteiger partial charge in [0.1, 0.15) is 5.75 Å². The summed E-state index contributed by atoms with van der Waals surface area (Å²) in [5.74, 6) is 2.65. The van der Waals surface area contributed by atoms with Crippen molar-refractivity contribution in [3.63, 3.8) is 0 Å². The molecule has 3 saturated heterocycles. The molecule has 1 amide bonds. The van der Waals surface area contributed by atoms with Crippen LogP contribution in [0.5, 0.6) is 5.75 Å². The molecule has 1 aromatic carbocycles. The van der Waals surface area contributed by atoms with E-state index in [0.717, 1.165) is 25.3 Å². The summed E-state index contributed by atoms with van der Waals surface area (Å²) in [6, 6.07) is 9.57. The summed E-state index contributed by atoms with van der Waals surface area (Å²) in [7, 11) is 3.63. The maximum absolute atomic E-state index is 13.2. The van der Waals surface area contributed by atoms with Gasteiger partial charge in [0, 0.05) is 44.6 Å². The summed E-state index contributed by atoms with van der Waals surface area (Å²) in [5.41, 5.74) is 1.33. The first-order valence-electron chi connectivity index (χ1n) is 11.3. The predicted molar refractivity (Wildman–Crippen MR) is 116 cm³/mol. The van der Waals surface area contributed by atoms with Gasteiger partial charge in [-0.25, -0.2) is 4.98 Å². The molecule has 6 nitrogen and oxygen atoms in total. The SMILES string of the molecule is COc1cccc(C[C@H]2[C@H]3C[C@H](CN(C(=O)c4nccn4C)C3)[C@@H]3CCCCN32)c1. The highest BCUT2D eigenvalue weighted by Crippen LogP contribution is 2.42. The summed E-state index contributed by atoms with van der Waals surface area (Å²) in [5, 5.41) is 0. The zero-order valence-corrected chi connectivity index (χ0v) is 18.0. The zero-order chi connectivity index (χ0) is 20.7. The normalized spacial score (nSPS) is 28.8. The molecule has 3 aliphatic rings. The highest BCUT2D eigenvalue weighted by atomic mass is 16.5. The molecule has 30 heavy (non-hydrogen) atoms. The molecule has 0 saturated carbocycles. The van der Waals surface area contributed by atoms with E-state index in [1.54, 1.807) is 13.3 Å². The number of amides is 1. The van der Waals surface area contributed by atoms with Crippen LogP contribution in [0.3, 0.4) is 0 Å². The molecule has 2 bridgehead atoms. The minimum atomic E-state index is 0.0848. The molecule has 2 aromatic rings. The first-order chi connectivity index (χ1) is 14.6. The molecule has 0 radical (unpaired) electrons. The lowest BCUT2D eigenvalue weighted by Gasteiger charge is -2.57. The molecule has 4 atom stereocenters. The van der Waals surface area contributed by atoms with Crippen molar-refractivity contribution in [3.8, 4) is 5.75 Å². The number of methoxy groups -OCH3 is 1. The summed E-state index contributed by atoms with van der Waals surface area (Å²) >= 11 is 0. The molecule has 1 aromatic heterocycles. The van der Waals surface area contributed by atoms with Crippen LogP contribution < -0.4 is 4.74 Å². The Hall–Kier alpha value is -2.34. The summed E-state index contributed by atoms with van der Waals surface area (Å²) < 4.78 is 7.30. The predicted octanol–water partition coefficient (Wildman–Crippen LogP) is 2.99. The second kappa shape index (κ2) is 8.06. The van der Waals surface area contributed by atoms with Crippen molar-refractivity contribution in [1.82, 2.24) is 19.4 Å². The monoisotopic (exact) mass is 408 g/mol. The van der Waals surface area contributed by atoms with Crippen molar-refractivity contribution in [2.24, 2.45) is 18.9 Å². The smallest absolute Gasteiger partial charge is 0.289 e. The number of benzene rings is 1. The number of hydrogen-bond acceptors (Lipinski definition) is 4. The van der Waals surface area contributed by atoms with Gasteiger partial charge in [0.05, 0.1) is 7.11 Å². The molecule has 0 spiro atoms. The molecule has 6 heteroatoms. The lowest BCUT2D eigenvalue weighted by atomic mass is 9.71. The van der Waals surface area contributed by atoms with E-state index < -0.39 is 0 Å². The van der Waals surface area contributed by atoms with Gasteiger partial charge < -0.3 is 14.2 Å². The van der Waals surface area contributed by atoms with E-state index in [1.165, 1.54) is 37.8 Å². The second-order valence-electron chi connectivity index (χ2n) is 9.25. The highest BCUT2D eigenvalue weighted by Gasteiger charge is 2.48. The number of imidazole rings is 1. The third-order valence-corrected chi connectivity index (χ3v) is 7.50. The molecular weight excluding hydrogens is 376 g/mol. The molecule has 3 fully saturated rings. The van der Waals surface area contributed by atoms with Crippen LogP contribution in [0.2, 0.25) is 0 Å². The van der Waals surface area contributed by atoms with Crippen LogP contribution in [-0.4, -0.2) is 64.1 Å². The number of carbonyl (C=O) groups is 1. The largest absolute Gasteiger partial charge is 0.497 e. The first kappa shape index (κ1) is 19.6. The number of hydrogen-bond donors (Lipinski definition) is 0. The maximum Gasteiger partial charge on any atom is 0.289 e. The minimum Gasteiger partial charge on any atom is -0.497 e. The number of fused-ring (bicyclic) bond motifs is 4. The van der Waals surface area contributed by atoms with Crippen LogP contribution in [0.25, 0.3) is 0 Å². The fourth-order valence-electron chi connectivity index (χ4n) is 6.11. The molecule has 4 heterocycles. The maximum atomic E-state index is 13.2. The van der Waals surface area contributed by atoms with Gasteiger partial charge in [-0.1, -0.05) is 18.6 Å². The number of piperidine rings is 3. The first-order valence-corrected chi connectivity index (χ1v) is 11.3. The Morgan fingerprint density at radius 1 is 1.23 bits per heavy atom. The fraction of sp³-hybridized carbons (Fsp3) is 0.583. The van der Waals surface area contributed by atoms with Gasteiger partial charge in [-0.3, -0.25) is 9.69 Å². The van der Waals surface area contributed by atoms with Crippen LogP contribution >= 0.6 is 0 Å². The second-order valence-corrected chi connectivity index (χ2v) is 9.25. The third kappa shape index (κ3) is 3.51. The Morgan fingerprint density at radius 2 is 2.10 bits per heavy atom. The lowest BCUT2D eigenvalue weighted by molar-refractivity contribution is -0.0644. The molecule has 0 unspecified atom stereocenters. The quantitative estimate of drug-likeness (QED) is 0.781. The third-order valence-electron chi connectivity index (χ3n) is 7.50. The average Bonchev–Trinajstić information content (AvgIpc) is 3.22. The van der Waals surface area contributed by atoms with Crippen LogP contribution in [0, 0.1) is 11.8 Å². The van der Waals surface area contributed by atoms with E-state index in [4.69, 9.17) is 4.74 Å². The summed E-state index contributed by atoms with van der Waals surface area (Å²) in [6.45, 7) is 2.90. The van der Waals surface area contributed by atoms with E-state index in [9.17, 15) is 4.79 Å². The van der Waals surface area contributed by atoms with E-state index in [0.29, 0.717) is 29.7 Å². The van der Waals surface area contributed by atoms with Crippen molar-refractivity contribution < 1.29 is 9.53 Å². The highest BCUT2D eigenvalue weighted by molar-refractivity contribution is 5.90. The van der Waals surface area contributed by atoms with E-state index >= 15 is 0 Å². The summed E-state index contributed by atoms with van der Waals surface area (Å²) in [4.78, 5) is 22.4. The fourth-order valence-corrected chi connectivity index (χ4v) is 6.11.